The molecule has 4 aromatic rings. The van der Waals surface area contributed by atoms with Crippen molar-refractivity contribution in [3.8, 4) is 5.69 Å². The molecule has 1 aromatic heterocycles. The monoisotopic (exact) mass is 456 g/mol. The van der Waals surface area contributed by atoms with Crippen LogP contribution in [0, 0.1) is 6.92 Å². The van der Waals surface area contributed by atoms with E-state index in [9.17, 15) is 4.79 Å². The van der Waals surface area contributed by atoms with Gasteiger partial charge in [0.15, 0.2) is 5.16 Å². The van der Waals surface area contributed by atoms with Gasteiger partial charge in [-0.05, 0) is 36.6 Å². The molecule has 0 radical (unpaired) electrons. The number of benzene rings is 3. The van der Waals surface area contributed by atoms with Gasteiger partial charge in [-0.15, -0.1) is 10.2 Å². The lowest BCUT2D eigenvalue weighted by atomic mass is 10.1. The molecule has 0 aliphatic heterocycles. The van der Waals surface area contributed by atoms with Gasteiger partial charge in [-0.25, -0.2) is 0 Å². The Bertz CT molecular complexity index is 1160. The SMILES string of the molecule is Cc1ccc(-n2c(Cc3ccccc3)nnc2SCCCC(=O)NCc2ccccc2)cc1. The normalized spacial score (nSPS) is 10.8. The summed E-state index contributed by atoms with van der Waals surface area (Å²) >= 11 is 1.64. The summed E-state index contributed by atoms with van der Waals surface area (Å²) < 4.78 is 2.13. The molecular weight excluding hydrogens is 428 g/mol. The second-order valence-corrected chi connectivity index (χ2v) is 9.01. The lowest BCUT2D eigenvalue weighted by Crippen LogP contribution is -2.22. The Morgan fingerprint density at radius 1 is 0.879 bits per heavy atom. The topological polar surface area (TPSA) is 59.8 Å². The standard InChI is InChI=1S/C27H28N4OS/c1-21-14-16-24(17-15-21)31-25(19-22-9-4-2-5-10-22)29-30-27(31)33-18-8-13-26(32)28-20-23-11-6-3-7-12-23/h2-7,9-12,14-17H,8,13,18-20H2,1H3,(H,28,32). The maximum Gasteiger partial charge on any atom is 0.220 e. The van der Waals surface area contributed by atoms with Crippen molar-refractivity contribution >= 4 is 17.7 Å². The number of aryl methyl sites for hydroxylation is 1. The van der Waals surface area contributed by atoms with Crippen LogP contribution in [0.25, 0.3) is 5.69 Å². The maximum absolute atomic E-state index is 12.2. The van der Waals surface area contributed by atoms with Crippen LogP contribution in [0.3, 0.4) is 0 Å². The van der Waals surface area contributed by atoms with E-state index in [0.717, 1.165) is 34.4 Å². The first-order valence-corrected chi connectivity index (χ1v) is 12.2. The second-order valence-electron chi connectivity index (χ2n) is 7.95. The van der Waals surface area contributed by atoms with Crippen LogP contribution in [0.2, 0.25) is 0 Å². The molecule has 0 atom stereocenters. The predicted molar refractivity (Wildman–Crippen MR) is 134 cm³/mol. The summed E-state index contributed by atoms with van der Waals surface area (Å²) in [5.41, 5.74) is 4.58. The number of hydrogen-bond donors (Lipinski definition) is 1. The average molecular weight is 457 g/mol. The van der Waals surface area contributed by atoms with Crippen molar-refractivity contribution in [3.05, 3.63) is 107 Å². The fourth-order valence-corrected chi connectivity index (χ4v) is 4.43. The minimum atomic E-state index is 0.0734. The van der Waals surface area contributed by atoms with Gasteiger partial charge in [0.1, 0.15) is 5.82 Å². The third-order valence-electron chi connectivity index (χ3n) is 5.31. The van der Waals surface area contributed by atoms with Crippen LogP contribution >= 0.6 is 11.8 Å². The lowest BCUT2D eigenvalue weighted by Gasteiger charge is -2.11. The minimum Gasteiger partial charge on any atom is -0.352 e. The molecule has 5 nitrogen and oxygen atoms in total. The van der Waals surface area contributed by atoms with Gasteiger partial charge in [-0.1, -0.05) is 90.1 Å². The molecule has 0 saturated heterocycles. The highest BCUT2D eigenvalue weighted by atomic mass is 32.2. The number of amides is 1. The summed E-state index contributed by atoms with van der Waals surface area (Å²) in [6.07, 6.45) is 1.99. The van der Waals surface area contributed by atoms with Gasteiger partial charge in [-0.3, -0.25) is 9.36 Å². The molecule has 0 unspecified atom stereocenters. The van der Waals surface area contributed by atoms with Gasteiger partial charge in [0.2, 0.25) is 5.91 Å². The summed E-state index contributed by atoms with van der Waals surface area (Å²) in [4.78, 5) is 12.2. The highest BCUT2D eigenvalue weighted by molar-refractivity contribution is 7.99. The van der Waals surface area contributed by atoms with Crippen LogP contribution in [0.15, 0.2) is 90.1 Å². The van der Waals surface area contributed by atoms with Crippen molar-refractivity contribution in [3.63, 3.8) is 0 Å². The number of carbonyl (C=O) groups is 1. The molecule has 0 aliphatic rings. The first-order chi connectivity index (χ1) is 16.2. The fourth-order valence-electron chi connectivity index (χ4n) is 3.52. The molecule has 0 fully saturated rings. The van der Waals surface area contributed by atoms with Crippen LogP contribution in [0.4, 0.5) is 0 Å². The number of hydrogen-bond acceptors (Lipinski definition) is 4. The van der Waals surface area contributed by atoms with E-state index in [-0.39, 0.29) is 5.91 Å². The van der Waals surface area contributed by atoms with E-state index < -0.39 is 0 Å². The van der Waals surface area contributed by atoms with Crippen LogP contribution in [-0.2, 0) is 17.8 Å². The molecule has 33 heavy (non-hydrogen) atoms. The summed E-state index contributed by atoms with van der Waals surface area (Å²) in [7, 11) is 0. The predicted octanol–water partition coefficient (Wildman–Crippen LogP) is 5.36. The first kappa shape index (κ1) is 22.8. The zero-order valence-electron chi connectivity index (χ0n) is 18.8. The Kier molecular flexibility index (Phi) is 7.93. The van der Waals surface area contributed by atoms with Gasteiger partial charge in [0.25, 0.3) is 0 Å². The van der Waals surface area contributed by atoms with E-state index in [2.05, 4.69) is 63.4 Å². The molecular formula is C27H28N4OS. The van der Waals surface area contributed by atoms with Crippen molar-refractivity contribution in [2.45, 2.75) is 37.9 Å². The van der Waals surface area contributed by atoms with Gasteiger partial charge in [0, 0.05) is 30.8 Å². The molecule has 1 amide bonds. The number of aromatic nitrogens is 3. The highest BCUT2D eigenvalue weighted by Crippen LogP contribution is 2.24. The molecule has 4 rings (SSSR count). The Morgan fingerprint density at radius 3 is 2.24 bits per heavy atom. The molecule has 0 spiro atoms. The Balaban J connectivity index is 1.37. The molecule has 3 aromatic carbocycles. The largest absolute Gasteiger partial charge is 0.352 e. The summed E-state index contributed by atoms with van der Waals surface area (Å²) in [5, 5.41) is 12.8. The summed E-state index contributed by atoms with van der Waals surface area (Å²) in [5.74, 6) is 1.78. The Hall–Kier alpha value is -3.38. The quantitative estimate of drug-likeness (QED) is 0.258. The van der Waals surface area contributed by atoms with Crippen molar-refractivity contribution in [1.82, 2.24) is 20.1 Å². The number of nitrogens with one attached hydrogen (secondary N) is 1. The molecule has 1 N–H and O–H groups in total. The van der Waals surface area contributed by atoms with Gasteiger partial charge in [0.05, 0.1) is 0 Å². The lowest BCUT2D eigenvalue weighted by molar-refractivity contribution is -0.121. The zero-order valence-corrected chi connectivity index (χ0v) is 19.6. The number of thioether (sulfide) groups is 1. The third-order valence-corrected chi connectivity index (χ3v) is 6.32. The van der Waals surface area contributed by atoms with E-state index in [4.69, 9.17) is 0 Å². The number of carbonyl (C=O) groups excluding carboxylic acids is 1. The minimum absolute atomic E-state index is 0.0734. The van der Waals surface area contributed by atoms with E-state index in [1.807, 2.05) is 48.5 Å². The average Bonchev–Trinajstić information content (AvgIpc) is 3.24. The Morgan fingerprint density at radius 2 is 1.55 bits per heavy atom. The third kappa shape index (κ3) is 6.56. The van der Waals surface area contributed by atoms with E-state index in [0.29, 0.717) is 19.4 Å². The molecule has 6 heteroatoms. The van der Waals surface area contributed by atoms with Crippen LogP contribution in [-0.4, -0.2) is 26.4 Å². The highest BCUT2D eigenvalue weighted by Gasteiger charge is 2.15. The Labute approximate surface area is 199 Å². The smallest absolute Gasteiger partial charge is 0.220 e. The summed E-state index contributed by atoms with van der Waals surface area (Å²) in [6.45, 7) is 2.65. The van der Waals surface area contributed by atoms with Crippen molar-refractivity contribution < 1.29 is 4.79 Å². The van der Waals surface area contributed by atoms with Gasteiger partial charge >= 0.3 is 0 Å². The zero-order chi connectivity index (χ0) is 22.9. The fraction of sp³-hybridized carbons (Fsp3) is 0.222. The molecule has 0 saturated carbocycles. The molecule has 1 heterocycles. The van der Waals surface area contributed by atoms with Crippen molar-refractivity contribution in [2.75, 3.05) is 5.75 Å². The number of rotatable bonds is 10. The van der Waals surface area contributed by atoms with Crippen LogP contribution in [0.1, 0.15) is 35.4 Å². The van der Waals surface area contributed by atoms with Crippen molar-refractivity contribution in [1.29, 1.82) is 0 Å². The second kappa shape index (κ2) is 11.5. The van der Waals surface area contributed by atoms with E-state index in [1.54, 1.807) is 11.8 Å². The van der Waals surface area contributed by atoms with E-state index >= 15 is 0 Å². The molecule has 0 bridgehead atoms. The number of nitrogens with zero attached hydrogens (tertiary/aromatic N) is 3. The molecule has 168 valence electrons. The van der Waals surface area contributed by atoms with Gasteiger partial charge in [-0.2, -0.15) is 0 Å². The molecule has 0 aliphatic carbocycles. The van der Waals surface area contributed by atoms with Crippen LogP contribution in [0.5, 0.6) is 0 Å². The van der Waals surface area contributed by atoms with Gasteiger partial charge < -0.3 is 5.32 Å². The maximum atomic E-state index is 12.2. The van der Waals surface area contributed by atoms with E-state index in [1.165, 1.54) is 11.1 Å². The summed E-state index contributed by atoms with van der Waals surface area (Å²) in [6, 6.07) is 28.7. The van der Waals surface area contributed by atoms with Crippen LogP contribution < -0.4 is 5.32 Å². The van der Waals surface area contributed by atoms with Crippen molar-refractivity contribution in [2.24, 2.45) is 0 Å². The first-order valence-electron chi connectivity index (χ1n) is 11.2.